The van der Waals surface area contributed by atoms with Crippen LogP contribution in [0.15, 0.2) is 162 Å². The summed E-state index contributed by atoms with van der Waals surface area (Å²) >= 11 is 0. The Balaban J connectivity index is 1.35. The van der Waals surface area contributed by atoms with Crippen LogP contribution in [0.5, 0.6) is 0 Å². The van der Waals surface area contributed by atoms with E-state index in [0.29, 0.717) is 16.7 Å². The summed E-state index contributed by atoms with van der Waals surface area (Å²) in [7, 11) is 0. The zero-order valence-corrected chi connectivity index (χ0v) is 23.5. The van der Waals surface area contributed by atoms with Crippen molar-refractivity contribution in [1.29, 1.82) is 0 Å². The molecular weight excluding hydrogens is 532 g/mol. The van der Waals surface area contributed by atoms with E-state index < -0.39 is 24.2 Å². The third kappa shape index (κ3) is 3.94. The van der Waals surface area contributed by atoms with E-state index in [-0.39, 0.29) is 52.1 Å². The van der Waals surface area contributed by atoms with E-state index in [1.165, 1.54) is 0 Å². The molecule has 0 saturated heterocycles. The molecule has 0 fully saturated rings. The average Bonchev–Trinajstić information content (AvgIpc) is 3.56. The molecule has 0 saturated carbocycles. The van der Waals surface area contributed by atoms with Gasteiger partial charge in [0.15, 0.2) is 0 Å². The van der Waals surface area contributed by atoms with Gasteiger partial charge in [0.05, 0.1) is 11.0 Å². The van der Waals surface area contributed by atoms with Crippen molar-refractivity contribution >= 4 is 54.3 Å². The molecule has 1 aromatic heterocycles. The number of fused-ring (bicyclic) bond motifs is 6. The minimum absolute atomic E-state index is 0.183. The fourth-order valence-corrected chi connectivity index (χ4v) is 6.51. The molecule has 0 aliphatic carbocycles. The van der Waals surface area contributed by atoms with Crippen LogP contribution in [0.1, 0.15) is 22.1 Å². The molecule has 8 aromatic carbocycles. The van der Waals surface area contributed by atoms with E-state index in [1.54, 1.807) is 0 Å². The molecule has 1 heterocycles. The van der Waals surface area contributed by atoms with Gasteiger partial charge in [0.2, 0.25) is 0 Å². The molecule has 0 spiro atoms. The molecule has 0 atom stereocenters. The Bertz CT molecular complexity index is 2880. The maximum Gasteiger partial charge on any atom is 0.143 e. The highest BCUT2D eigenvalue weighted by Crippen LogP contribution is 2.42. The number of hydrogen-bond acceptors (Lipinski definition) is 1. The molecule has 9 aromatic rings. The van der Waals surface area contributed by atoms with Gasteiger partial charge in [-0.15, -0.1) is 0 Å². The minimum atomic E-state index is -0.413. The van der Waals surface area contributed by atoms with Gasteiger partial charge in [-0.1, -0.05) is 151 Å². The molecule has 0 radical (unpaired) electrons. The van der Waals surface area contributed by atoms with E-state index in [4.69, 9.17) is 9.90 Å². The monoisotopic (exact) mass is 568 g/mol. The standard InChI is InChI=1S/C43H28O/c1-2-11-32-26-28(20-21-29(32)10-1)27-40-34-12-3-5-15-37(34)42(38-16-6-4-13-35(38)40)31-24-22-30(23-25-31)33-17-9-18-39-36-14-7-8-19-41(36)44-43(33)39/h1-26H,27H2/i3D,4D,5D,6D,12D,13D,15D,16D. The summed E-state index contributed by atoms with van der Waals surface area (Å²) in [6, 6.07) is 32.6. The summed E-state index contributed by atoms with van der Waals surface area (Å²) in [4.78, 5) is 0. The van der Waals surface area contributed by atoms with Crippen LogP contribution in [0.25, 0.3) is 76.5 Å². The summed E-state index contributed by atoms with van der Waals surface area (Å²) in [5.74, 6) is 0. The maximum atomic E-state index is 9.22. The Kier molecular flexibility index (Phi) is 4.10. The van der Waals surface area contributed by atoms with E-state index >= 15 is 0 Å². The second-order valence-electron chi connectivity index (χ2n) is 11.1. The normalized spacial score (nSPS) is 14.3. The van der Waals surface area contributed by atoms with Crippen molar-refractivity contribution < 1.29 is 15.4 Å². The van der Waals surface area contributed by atoms with Gasteiger partial charge in [-0.3, -0.25) is 0 Å². The van der Waals surface area contributed by atoms with Gasteiger partial charge in [0, 0.05) is 16.3 Å². The second-order valence-corrected chi connectivity index (χ2v) is 11.1. The fraction of sp³-hybridized carbons (Fsp3) is 0.0233. The highest BCUT2D eigenvalue weighted by atomic mass is 16.3. The van der Waals surface area contributed by atoms with Crippen LogP contribution in [0.3, 0.4) is 0 Å². The number of para-hydroxylation sites is 2. The van der Waals surface area contributed by atoms with Gasteiger partial charge in [0.25, 0.3) is 0 Å². The Labute approximate surface area is 266 Å². The summed E-state index contributed by atoms with van der Waals surface area (Å²) in [6.07, 6.45) is 0.183. The Morgan fingerprint density at radius 3 is 1.91 bits per heavy atom. The van der Waals surface area contributed by atoms with E-state index in [1.807, 2.05) is 109 Å². The smallest absolute Gasteiger partial charge is 0.143 e. The second kappa shape index (κ2) is 9.97. The predicted molar refractivity (Wildman–Crippen MR) is 186 cm³/mol. The molecule has 0 amide bonds. The van der Waals surface area contributed by atoms with Crippen LogP contribution >= 0.6 is 0 Å². The topological polar surface area (TPSA) is 13.1 Å². The van der Waals surface area contributed by atoms with Crippen molar-refractivity contribution in [3.05, 3.63) is 169 Å². The molecule has 0 bridgehead atoms. The lowest BCUT2D eigenvalue weighted by Crippen LogP contribution is -1.95. The highest BCUT2D eigenvalue weighted by molar-refractivity contribution is 6.15. The lowest BCUT2D eigenvalue weighted by Gasteiger charge is -2.18. The molecule has 1 nitrogen and oxygen atoms in total. The highest BCUT2D eigenvalue weighted by Gasteiger charge is 2.17. The van der Waals surface area contributed by atoms with Crippen molar-refractivity contribution in [2.75, 3.05) is 0 Å². The Hall–Kier alpha value is -5.66. The summed E-state index contributed by atoms with van der Waals surface area (Å²) in [6.45, 7) is 0. The third-order valence-corrected chi connectivity index (χ3v) is 8.56. The predicted octanol–water partition coefficient (Wildman–Crippen LogP) is 12.0. The minimum Gasteiger partial charge on any atom is -0.455 e. The quantitative estimate of drug-likeness (QED) is 0.192. The first-order valence-corrected chi connectivity index (χ1v) is 14.6. The average molecular weight is 569 g/mol. The molecule has 206 valence electrons. The first kappa shape index (κ1) is 18.1. The van der Waals surface area contributed by atoms with Crippen LogP contribution in [0, 0.1) is 0 Å². The van der Waals surface area contributed by atoms with Crippen LogP contribution in [0.2, 0.25) is 0 Å². The molecule has 0 unspecified atom stereocenters. The third-order valence-electron chi connectivity index (χ3n) is 8.56. The van der Waals surface area contributed by atoms with Crippen molar-refractivity contribution in [3.8, 4) is 22.3 Å². The van der Waals surface area contributed by atoms with Crippen molar-refractivity contribution in [1.82, 2.24) is 0 Å². The summed E-state index contributed by atoms with van der Waals surface area (Å²) in [5, 5.41) is 4.94. The van der Waals surface area contributed by atoms with Gasteiger partial charge >= 0.3 is 0 Å². The van der Waals surface area contributed by atoms with Crippen molar-refractivity contribution in [2.24, 2.45) is 0 Å². The van der Waals surface area contributed by atoms with Gasteiger partial charge in [-0.25, -0.2) is 0 Å². The molecule has 0 N–H and O–H groups in total. The molecule has 9 rings (SSSR count). The van der Waals surface area contributed by atoms with Crippen LogP contribution in [0.4, 0.5) is 0 Å². The SMILES string of the molecule is [2H]c1c([2H])c([2H])c2c(-c3ccc(-c4cccc5c4oc4ccccc45)cc3)c3c([2H])c([2H])c([2H])c([2H])c3c(Cc3ccc4ccccc4c3)c2c1[2H]. The van der Waals surface area contributed by atoms with Gasteiger partial charge in [-0.05, 0) is 72.6 Å². The summed E-state index contributed by atoms with van der Waals surface area (Å²) < 4.78 is 77.9. The molecule has 44 heavy (non-hydrogen) atoms. The van der Waals surface area contributed by atoms with Gasteiger partial charge < -0.3 is 4.42 Å². The molecule has 1 heteroatoms. The summed E-state index contributed by atoms with van der Waals surface area (Å²) in [5.41, 5.74) is 5.43. The largest absolute Gasteiger partial charge is 0.455 e. The first-order chi connectivity index (χ1) is 25.1. The van der Waals surface area contributed by atoms with Crippen molar-refractivity contribution in [2.45, 2.75) is 6.42 Å². The molecular formula is C43H28O. The zero-order valence-electron chi connectivity index (χ0n) is 31.5. The Morgan fingerprint density at radius 2 is 1.14 bits per heavy atom. The van der Waals surface area contributed by atoms with E-state index in [0.717, 1.165) is 49.4 Å². The maximum absolute atomic E-state index is 9.22. The number of benzene rings is 8. The fourth-order valence-electron chi connectivity index (χ4n) is 6.51. The van der Waals surface area contributed by atoms with Gasteiger partial charge in [0.1, 0.15) is 11.2 Å². The van der Waals surface area contributed by atoms with Crippen LogP contribution in [-0.4, -0.2) is 0 Å². The zero-order chi connectivity index (χ0) is 36.0. The van der Waals surface area contributed by atoms with E-state index in [2.05, 4.69) is 0 Å². The number of hydrogen-bond donors (Lipinski definition) is 0. The van der Waals surface area contributed by atoms with Crippen LogP contribution in [-0.2, 0) is 6.42 Å². The van der Waals surface area contributed by atoms with Crippen molar-refractivity contribution in [3.63, 3.8) is 0 Å². The van der Waals surface area contributed by atoms with Gasteiger partial charge in [-0.2, -0.15) is 0 Å². The van der Waals surface area contributed by atoms with E-state index in [9.17, 15) is 5.48 Å². The molecule has 0 aliphatic heterocycles. The van der Waals surface area contributed by atoms with Crippen LogP contribution < -0.4 is 0 Å². The lowest BCUT2D eigenvalue weighted by molar-refractivity contribution is 0.670. The Morgan fingerprint density at radius 1 is 0.500 bits per heavy atom. The first-order valence-electron chi connectivity index (χ1n) is 18.6. The number of furan rings is 1. The number of rotatable bonds is 4. The lowest BCUT2D eigenvalue weighted by atomic mass is 9.86. The molecule has 0 aliphatic rings.